The molecular formula is C11H18O3S. The maximum atomic E-state index is 11.9. The van der Waals surface area contributed by atoms with Gasteiger partial charge in [-0.25, -0.2) is 0 Å². The Morgan fingerprint density at radius 3 is 2.40 bits per heavy atom. The Balaban J connectivity index is 2.92. The minimum atomic E-state index is -2.35. The normalized spacial score (nSPS) is 13.6. The smallest absolute Gasteiger partial charge is 0.155 e. The molecule has 4 heteroatoms. The second kappa shape index (κ2) is 3.85. The predicted octanol–water partition coefficient (Wildman–Crippen LogP) is 1.78. The van der Waals surface area contributed by atoms with Crippen LogP contribution in [0.2, 0.25) is 0 Å². The van der Waals surface area contributed by atoms with E-state index in [1.165, 1.54) is 6.07 Å². The Bertz CT molecular complexity index is 393. The first-order valence-electron chi connectivity index (χ1n) is 4.75. The van der Waals surface area contributed by atoms with E-state index in [-0.39, 0.29) is 5.75 Å². The second-order valence-electron chi connectivity index (χ2n) is 4.40. The summed E-state index contributed by atoms with van der Waals surface area (Å²) in [7, 11) is -2.35. The molecule has 0 aliphatic heterocycles. The Morgan fingerprint density at radius 2 is 1.93 bits per heavy atom. The molecule has 3 nitrogen and oxygen atoms in total. The molecular weight excluding hydrogens is 212 g/mol. The van der Waals surface area contributed by atoms with Crippen LogP contribution in [0.15, 0.2) is 24.3 Å². The van der Waals surface area contributed by atoms with Gasteiger partial charge in [0.1, 0.15) is 11.5 Å². The maximum absolute atomic E-state index is 11.9. The van der Waals surface area contributed by atoms with Gasteiger partial charge in [0.25, 0.3) is 0 Å². The summed E-state index contributed by atoms with van der Waals surface area (Å²) in [6.07, 6.45) is 3.38. The van der Waals surface area contributed by atoms with Crippen molar-refractivity contribution in [2.24, 2.45) is 0 Å². The number of phenolic OH excluding ortho intramolecular Hbond substituents is 1. The van der Waals surface area contributed by atoms with Gasteiger partial charge in [0.15, 0.2) is 4.93 Å². The summed E-state index contributed by atoms with van der Waals surface area (Å²) >= 11 is 0. The molecule has 1 rings (SSSR count). The molecule has 0 heterocycles. The zero-order valence-electron chi connectivity index (χ0n) is 9.52. The van der Waals surface area contributed by atoms with Crippen LogP contribution in [0.3, 0.4) is 0 Å². The number of aromatic hydroxyl groups is 1. The largest absolute Gasteiger partial charge is 0.508 e. The molecule has 0 saturated heterocycles. The molecule has 1 aromatic rings. The second-order valence-corrected chi connectivity index (χ2v) is 8.18. The van der Waals surface area contributed by atoms with Crippen molar-refractivity contribution in [3.63, 3.8) is 0 Å². The van der Waals surface area contributed by atoms with E-state index in [0.717, 1.165) is 0 Å². The first-order valence-corrected chi connectivity index (χ1v) is 7.36. The van der Waals surface area contributed by atoms with Gasteiger partial charge in [0, 0.05) is 6.07 Å². The summed E-state index contributed by atoms with van der Waals surface area (Å²) in [5, 5.41) is 9.26. The van der Waals surface area contributed by atoms with E-state index in [0.29, 0.717) is 5.75 Å². The summed E-state index contributed by atoms with van der Waals surface area (Å²) in [5.41, 5.74) is 0. The van der Waals surface area contributed by atoms with Gasteiger partial charge in [0.05, 0.1) is 0 Å². The topological polar surface area (TPSA) is 46.5 Å². The molecule has 15 heavy (non-hydrogen) atoms. The van der Waals surface area contributed by atoms with Crippen LogP contribution >= 0.6 is 0 Å². The van der Waals surface area contributed by atoms with Gasteiger partial charge in [-0.1, -0.05) is 16.0 Å². The first kappa shape index (κ1) is 12.0. The standard InChI is InChI=1S/C11H18O3S/c1-11(2,15(3,4)13)14-10-7-5-6-9(12)8-10/h5-8,12,15H,1-4H3. The zero-order valence-corrected chi connectivity index (χ0v) is 10.4. The molecule has 1 aromatic carbocycles. The van der Waals surface area contributed by atoms with Crippen molar-refractivity contribution < 1.29 is 14.1 Å². The average Bonchev–Trinajstić information content (AvgIpc) is 2.00. The van der Waals surface area contributed by atoms with Gasteiger partial charge in [0.2, 0.25) is 0 Å². The van der Waals surface area contributed by atoms with Crippen LogP contribution in [-0.4, -0.2) is 26.8 Å². The number of thiol groups is 1. The van der Waals surface area contributed by atoms with Gasteiger partial charge in [-0.15, -0.1) is 0 Å². The summed E-state index contributed by atoms with van der Waals surface area (Å²) in [6, 6.07) is 6.50. The number of benzene rings is 1. The van der Waals surface area contributed by atoms with Crippen molar-refractivity contribution in [2.45, 2.75) is 18.8 Å². The van der Waals surface area contributed by atoms with E-state index in [1.54, 1.807) is 44.6 Å². The Hall–Kier alpha value is -1.03. The molecule has 0 radical (unpaired) electrons. The van der Waals surface area contributed by atoms with Crippen LogP contribution in [0.5, 0.6) is 11.5 Å². The van der Waals surface area contributed by atoms with Crippen LogP contribution in [0.1, 0.15) is 13.8 Å². The highest BCUT2D eigenvalue weighted by Gasteiger charge is 2.29. The Kier molecular flexibility index (Phi) is 3.09. The average molecular weight is 230 g/mol. The third-order valence-corrected chi connectivity index (χ3v) is 5.17. The van der Waals surface area contributed by atoms with E-state index in [9.17, 15) is 9.32 Å². The van der Waals surface area contributed by atoms with E-state index in [2.05, 4.69) is 0 Å². The number of hydrogen-bond acceptors (Lipinski definition) is 3. The maximum Gasteiger partial charge on any atom is 0.155 e. The van der Waals surface area contributed by atoms with E-state index in [4.69, 9.17) is 4.74 Å². The van der Waals surface area contributed by atoms with Crippen molar-refractivity contribution in [1.82, 2.24) is 0 Å². The van der Waals surface area contributed by atoms with Crippen LogP contribution in [0.25, 0.3) is 0 Å². The molecule has 1 N–H and O–H groups in total. The Morgan fingerprint density at radius 1 is 1.33 bits per heavy atom. The monoisotopic (exact) mass is 230 g/mol. The minimum absolute atomic E-state index is 0.144. The lowest BCUT2D eigenvalue weighted by atomic mass is 10.3. The Labute approximate surface area is 91.5 Å². The van der Waals surface area contributed by atoms with Crippen LogP contribution in [0.4, 0.5) is 0 Å². The van der Waals surface area contributed by atoms with Crippen LogP contribution in [0, 0.1) is 0 Å². The lowest BCUT2D eigenvalue weighted by Crippen LogP contribution is -2.41. The van der Waals surface area contributed by atoms with Gasteiger partial charge in [-0.05, 0) is 38.5 Å². The molecule has 0 aliphatic carbocycles. The lowest BCUT2D eigenvalue weighted by Gasteiger charge is -2.34. The highest BCUT2D eigenvalue weighted by molar-refractivity contribution is 8.02. The molecule has 0 aliphatic rings. The minimum Gasteiger partial charge on any atom is -0.508 e. The fourth-order valence-electron chi connectivity index (χ4n) is 0.945. The molecule has 86 valence electrons. The van der Waals surface area contributed by atoms with Crippen molar-refractivity contribution in [2.75, 3.05) is 12.5 Å². The van der Waals surface area contributed by atoms with Gasteiger partial charge < -0.3 is 9.84 Å². The molecule has 0 atom stereocenters. The summed E-state index contributed by atoms with van der Waals surface area (Å²) in [6.45, 7) is 3.58. The van der Waals surface area contributed by atoms with Crippen molar-refractivity contribution in [3.8, 4) is 11.5 Å². The first-order chi connectivity index (χ1) is 6.72. The molecule has 0 saturated carbocycles. The summed E-state index contributed by atoms with van der Waals surface area (Å²) < 4.78 is 17.6. The van der Waals surface area contributed by atoms with E-state index in [1.807, 2.05) is 0 Å². The number of ether oxygens (including phenoxy) is 1. The van der Waals surface area contributed by atoms with Crippen molar-refractivity contribution >= 4 is 9.93 Å². The van der Waals surface area contributed by atoms with Gasteiger partial charge in [-0.3, -0.25) is 4.21 Å². The number of phenols is 1. The number of rotatable bonds is 3. The summed E-state index contributed by atoms with van der Waals surface area (Å²) in [5.74, 6) is 0.675. The predicted molar refractivity (Wildman–Crippen MR) is 64.2 cm³/mol. The fraction of sp³-hybridized carbons (Fsp3) is 0.455. The molecule has 0 aromatic heterocycles. The molecule has 0 bridgehead atoms. The van der Waals surface area contributed by atoms with Crippen molar-refractivity contribution in [1.29, 1.82) is 0 Å². The third-order valence-electron chi connectivity index (χ3n) is 2.48. The quantitative estimate of drug-likeness (QED) is 0.778. The molecule has 0 amide bonds. The molecule has 0 unspecified atom stereocenters. The molecule has 0 fully saturated rings. The van der Waals surface area contributed by atoms with E-state index < -0.39 is 14.9 Å². The fourth-order valence-corrected chi connectivity index (χ4v) is 1.27. The lowest BCUT2D eigenvalue weighted by molar-refractivity contribution is 0.197. The highest BCUT2D eigenvalue weighted by atomic mass is 32.2. The van der Waals surface area contributed by atoms with Crippen molar-refractivity contribution in [3.05, 3.63) is 24.3 Å². The zero-order chi connectivity index (χ0) is 11.7. The van der Waals surface area contributed by atoms with Gasteiger partial charge >= 0.3 is 0 Å². The molecule has 0 spiro atoms. The summed E-state index contributed by atoms with van der Waals surface area (Å²) in [4.78, 5) is -0.721. The third kappa shape index (κ3) is 2.96. The van der Waals surface area contributed by atoms with Gasteiger partial charge in [-0.2, -0.15) is 0 Å². The highest BCUT2D eigenvalue weighted by Crippen LogP contribution is 2.27. The SMILES string of the molecule is CC(C)(Oc1cccc(O)c1)[SH](C)(C)=O. The number of hydrogen-bond donors (Lipinski definition) is 2. The van der Waals surface area contributed by atoms with E-state index >= 15 is 0 Å². The van der Waals surface area contributed by atoms with Crippen LogP contribution < -0.4 is 4.74 Å². The van der Waals surface area contributed by atoms with Crippen LogP contribution in [-0.2, 0) is 9.93 Å².